The fourth-order valence-corrected chi connectivity index (χ4v) is 2.80. The molecule has 0 unspecified atom stereocenters. The van der Waals surface area contributed by atoms with Gasteiger partial charge in [0.2, 0.25) is 5.91 Å². The van der Waals surface area contributed by atoms with Gasteiger partial charge in [-0.2, -0.15) is 5.10 Å². The summed E-state index contributed by atoms with van der Waals surface area (Å²) in [4.78, 5) is 12.0. The summed E-state index contributed by atoms with van der Waals surface area (Å²) in [5, 5.41) is 4.13. The van der Waals surface area contributed by atoms with Crippen molar-refractivity contribution >= 4 is 12.1 Å². The van der Waals surface area contributed by atoms with E-state index in [1.165, 1.54) is 5.56 Å². The average Bonchev–Trinajstić information content (AvgIpc) is 3.30. The Morgan fingerprint density at radius 1 is 1.25 bits per heavy atom. The molecule has 0 spiro atoms. The van der Waals surface area contributed by atoms with Gasteiger partial charge in [0.05, 0.1) is 0 Å². The first-order valence-corrected chi connectivity index (χ1v) is 7.37. The van der Waals surface area contributed by atoms with E-state index in [0.717, 1.165) is 25.7 Å². The standard InChI is InChI=1S/C17H20N2O/c20-17(19-18-12-13-7-3-1-4-8-13)16-11-15(16)14-9-5-2-6-10-14/h1-3,5-6,9-10,12-13,15-16H,4,7-8,11H2,(H,19,20)/b18-12-/t13-,15+,16-/m1/s1. The van der Waals surface area contributed by atoms with Crippen LogP contribution in [-0.4, -0.2) is 12.1 Å². The van der Waals surface area contributed by atoms with Gasteiger partial charge in [-0.05, 0) is 43.1 Å². The van der Waals surface area contributed by atoms with Crippen molar-refractivity contribution in [1.82, 2.24) is 5.43 Å². The van der Waals surface area contributed by atoms with E-state index in [1.54, 1.807) is 0 Å². The number of hydrogen-bond acceptors (Lipinski definition) is 2. The van der Waals surface area contributed by atoms with E-state index < -0.39 is 0 Å². The molecule has 104 valence electrons. The highest BCUT2D eigenvalue weighted by Gasteiger charge is 2.43. The van der Waals surface area contributed by atoms with Crippen LogP contribution in [0.4, 0.5) is 0 Å². The van der Waals surface area contributed by atoms with Gasteiger partial charge in [-0.15, -0.1) is 0 Å². The van der Waals surface area contributed by atoms with Crippen molar-refractivity contribution in [2.45, 2.75) is 31.6 Å². The van der Waals surface area contributed by atoms with Gasteiger partial charge in [-0.25, -0.2) is 5.43 Å². The Hall–Kier alpha value is -1.90. The lowest BCUT2D eigenvalue weighted by molar-refractivity contribution is -0.122. The van der Waals surface area contributed by atoms with E-state index >= 15 is 0 Å². The summed E-state index contributed by atoms with van der Waals surface area (Å²) in [5.41, 5.74) is 3.96. The molecule has 1 amide bonds. The van der Waals surface area contributed by atoms with Crippen molar-refractivity contribution in [3.8, 4) is 0 Å². The monoisotopic (exact) mass is 268 g/mol. The molecule has 0 bridgehead atoms. The molecule has 1 saturated carbocycles. The summed E-state index contributed by atoms with van der Waals surface area (Å²) in [6.07, 6.45) is 10.5. The number of amides is 1. The van der Waals surface area contributed by atoms with Crippen molar-refractivity contribution in [3.05, 3.63) is 48.0 Å². The number of nitrogens with zero attached hydrogens (tertiary/aromatic N) is 1. The molecule has 20 heavy (non-hydrogen) atoms. The molecule has 3 atom stereocenters. The van der Waals surface area contributed by atoms with E-state index in [4.69, 9.17) is 0 Å². The molecule has 1 fully saturated rings. The second kappa shape index (κ2) is 6.04. The number of nitrogens with one attached hydrogen (secondary N) is 1. The SMILES string of the molecule is O=C(N/N=C\[C@@H]1CC=CCC1)[C@@H]1C[C@H]1c1ccccc1. The Balaban J connectivity index is 1.47. The summed E-state index contributed by atoms with van der Waals surface area (Å²) in [6, 6.07) is 10.2. The minimum Gasteiger partial charge on any atom is -0.273 e. The van der Waals surface area contributed by atoms with Crippen molar-refractivity contribution in [2.24, 2.45) is 16.9 Å². The number of allylic oxidation sites excluding steroid dienone is 2. The predicted octanol–water partition coefficient (Wildman–Crippen LogP) is 3.25. The van der Waals surface area contributed by atoms with Crippen LogP contribution in [0.3, 0.4) is 0 Å². The first-order valence-electron chi connectivity index (χ1n) is 7.37. The van der Waals surface area contributed by atoms with Crippen LogP contribution < -0.4 is 5.43 Å². The highest BCUT2D eigenvalue weighted by atomic mass is 16.2. The first-order chi connectivity index (χ1) is 9.84. The van der Waals surface area contributed by atoms with Gasteiger partial charge in [0.25, 0.3) is 0 Å². The molecule has 1 aromatic rings. The van der Waals surface area contributed by atoms with E-state index in [2.05, 4.69) is 34.8 Å². The maximum Gasteiger partial charge on any atom is 0.243 e. The zero-order chi connectivity index (χ0) is 13.8. The molecule has 0 heterocycles. The smallest absolute Gasteiger partial charge is 0.243 e. The van der Waals surface area contributed by atoms with E-state index in [1.807, 2.05) is 24.4 Å². The Kier molecular flexibility index (Phi) is 3.95. The third-order valence-electron chi connectivity index (χ3n) is 4.12. The van der Waals surface area contributed by atoms with Gasteiger partial charge >= 0.3 is 0 Å². The molecule has 3 nitrogen and oxygen atoms in total. The van der Waals surface area contributed by atoms with Crippen molar-refractivity contribution in [1.29, 1.82) is 0 Å². The Labute approximate surface area is 119 Å². The van der Waals surface area contributed by atoms with Crippen LogP contribution in [0, 0.1) is 11.8 Å². The third-order valence-corrected chi connectivity index (χ3v) is 4.12. The summed E-state index contributed by atoms with van der Waals surface area (Å²) < 4.78 is 0. The number of benzene rings is 1. The molecular weight excluding hydrogens is 248 g/mol. The van der Waals surface area contributed by atoms with Gasteiger partial charge in [0.1, 0.15) is 0 Å². The van der Waals surface area contributed by atoms with Crippen LogP contribution in [0.2, 0.25) is 0 Å². The van der Waals surface area contributed by atoms with Gasteiger partial charge < -0.3 is 0 Å². The Bertz CT molecular complexity index is 521. The van der Waals surface area contributed by atoms with Crippen molar-refractivity contribution in [3.63, 3.8) is 0 Å². The minimum absolute atomic E-state index is 0.0569. The van der Waals surface area contributed by atoms with Crippen LogP contribution in [-0.2, 0) is 4.79 Å². The zero-order valence-electron chi connectivity index (χ0n) is 11.5. The number of hydrazone groups is 1. The lowest BCUT2D eigenvalue weighted by Crippen LogP contribution is -2.21. The highest BCUT2D eigenvalue weighted by Crippen LogP contribution is 2.47. The van der Waals surface area contributed by atoms with Crippen LogP contribution >= 0.6 is 0 Å². The second-order valence-corrected chi connectivity index (χ2v) is 5.66. The molecule has 3 rings (SSSR count). The lowest BCUT2D eigenvalue weighted by atomic mass is 9.96. The van der Waals surface area contributed by atoms with Crippen molar-refractivity contribution in [2.75, 3.05) is 0 Å². The van der Waals surface area contributed by atoms with Gasteiger partial charge in [0.15, 0.2) is 0 Å². The fourth-order valence-electron chi connectivity index (χ4n) is 2.80. The number of carbonyl (C=O) groups excluding carboxylic acids is 1. The Morgan fingerprint density at radius 3 is 2.85 bits per heavy atom. The molecular formula is C17H20N2O. The lowest BCUT2D eigenvalue weighted by Gasteiger charge is -2.11. The molecule has 0 saturated heterocycles. The number of carbonyl (C=O) groups is 1. The van der Waals surface area contributed by atoms with Crippen LogP contribution in [0.15, 0.2) is 47.6 Å². The fraction of sp³-hybridized carbons (Fsp3) is 0.412. The largest absolute Gasteiger partial charge is 0.273 e. The van der Waals surface area contributed by atoms with Crippen LogP contribution in [0.25, 0.3) is 0 Å². The van der Waals surface area contributed by atoms with Crippen molar-refractivity contribution < 1.29 is 4.79 Å². The maximum absolute atomic E-state index is 12.0. The van der Waals surface area contributed by atoms with E-state index in [9.17, 15) is 4.79 Å². The van der Waals surface area contributed by atoms with Crippen LogP contribution in [0.1, 0.15) is 37.2 Å². The topological polar surface area (TPSA) is 41.5 Å². The number of hydrogen-bond donors (Lipinski definition) is 1. The molecule has 2 aliphatic rings. The Morgan fingerprint density at radius 2 is 2.10 bits per heavy atom. The second-order valence-electron chi connectivity index (χ2n) is 5.66. The van der Waals surface area contributed by atoms with E-state index in [-0.39, 0.29) is 11.8 Å². The quantitative estimate of drug-likeness (QED) is 0.508. The summed E-state index contributed by atoms with van der Waals surface area (Å²) in [5.74, 6) is 1.01. The van der Waals surface area contributed by atoms with Gasteiger partial charge in [0, 0.05) is 12.1 Å². The normalized spacial score (nSPS) is 28.5. The predicted molar refractivity (Wildman–Crippen MR) is 80.4 cm³/mol. The number of rotatable bonds is 4. The van der Waals surface area contributed by atoms with Gasteiger partial charge in [-0.1, -0.05) is 42.5 Å². The van der Waals surface area contributed by atoms with E-state index in [0.29, 0.717) is 11.8 Å². The average molecular weight is 268 g/mol. The molecule has 0 aliphatic heterocycles. The summed E-state index contributed by atoms with van der Waals surface area (Å²) >= 11 is 0. The maximum atomic E-state index is 12.0. The van der Waals surface area contributed by atoms with Gasteiger partial charge in [-0.3, -0.25) is 4.79 Å². The van der Waals surface area contributed by atoms with Crippen LogP contribution in [0.5, 0.6) is 0 Å². The summed E-state index contributed by atoms with van der Waals surface area (Å²) in [7, 11) is 0. The highest BCUT2D eigenvalue weighted by molar-refractivity contribution is 5.83. The molecule has 1 aromatic carbocycles. The molecule has 2 aliphatic carbocycles. The molecule has 0 radical (unpaired) electrons. The third kappa shape index (κ3) is 3.16. The molecule has 3 heteroatoms. The minimum atomic E-state index is 0.0569. The summed E-state index contributed by atoms with van der Waals surface area (Å²) in [6.45, 7) is 0. The zero-order valence-corrected chi connectivity index (χ0v) is 11.5. The first kappa shape index (κ1) is 13.1. The molecule has 1 N–H and O–H groups in total. The molecule has 0 aromatic heterocycles.